The Morgan fingerprint density at radius 2 is 2.06 bits per heavy atom. The molecule has 1 aromatic heterocycles. The highest BCUT2D eigenvalue weighted by molar-refractivity contribution is 6.30. The Hall–Kier alpha value is -2.08. The van der Waals surface area contributed by atoms with E-state index in [0.29, 0.717) is 5.02 Å². The molecule has 1 atom stereocenters. The molecule has 0 radical (unpaired) electrons. The summed E-state index contributed by atoms with van der Waals surface area (Å²) in [5.74, 6) is -0.466. The lowest BCUT2D eigenvalue weighted by atomic mass is 10.1. The van der Waals surface area contributed by atoms with E-state index in [1.807, 2.05) is 19.1 Å². The number of nitrogens with zero attached hydrogens (tertiary/aromatic N) is 2. The molecule has 0 aliphatic rings. The molecular formula is C11H11ClN4O2. The van der Waals surface area contributed by atoms with Crippen molar-refractivity contribution in [3.05, 3.63) is 40.5 Å². The number of hydrogen-bond acceptors (Lipinski definition) is 5. The molecule has 1 heterocycles. The average Bonchev–Trinajstić information content (AvgIpc) is 2.76. The number of halogens is 1. The molecule has 1 amide bonds. The highest BCUT2D eigenvalue weighted by Crippen LogP contribution is 2.16. The number of aromatic nitrogens is 2. The van der Waals surface area contributed by atoms with Gasteiger partial charge in [0, 0.05) is 5.02 Å². The number of amides is 1. The largest absolute Gasteiger partial charge is 0.379 e. The minimum atomic E-state index is -0.434. The smallest absolute Gasteiger partial charge is 0.277 e. The fourth-order valence-electron chi connectivity index (χ4n) is 1.45. The van der Waals surface area contributed by atoms with Crippen LogP contribution in [0.15, 0.2) is 28.9 Å². The molecule has 1 aromatic carbocycles. The standard InChI is InChI=1S/C11H11ClN4O2/c1-6(7-2-4-8(12)5-3-7)14-11(17)9-10(13)16-18-15-9/h2-6H,1H3,(H2,13,16)(H,14,17). The Balaban J connectivity index is 2.08. The van der Waals surface area contributed by atoms with E-state index in [2.05, 4.69) is 20.3 Å². The maximum atomic E-state index is 11.8. The molecule has 0 aliphatic heterocycles. The highest BCUT2D eigenvalue weighted by Gasteiger charge is 2.18. The zero-order chi connectivity index (χ0) is 13.1. The summed E-state index contributed by atoms with van der Waals surface area (Å²) in [6.07, 6.45) is 0. The lowest BCUT2D eigenvalue weighted by Crippen LogP contribution is -2.27. The maximum absolute atomic E-state index is 11.8. The lowest BCUT2D eigenvalue weighted by Gasteiger charge is -2.13. The van der Waals surface area contributed by atoms with E-state index < -0.39 is 5.91 Å². The molecule has 7 heteroatoms. The number of nitrogen functional groups attached to an aromatic ring is 1. The summed E-state index contributed by atoms with van der Waals surface area (Å²) in [4.78, 5) is 11.8. The molecule has 2 aromatic rings. The Labute approximate surface area is 108 Å². The van der Waals surface area contributed by atoms with E-state index in [4.69, 9.17) is 17.3 Å². The molecule has 0 fully saturated rings. The second-order valence-electron chi connectivity index (χ2n) is 3.74. The third-order valence-electron chi connectivity index (χ3n) is 2.45. The molecular weight excluding hydrogens is 256 g/mol. The first kappa shape index (κ1) is 12.4. The molecule has 0 bridgehead atoms. The molecule has 18 heavy (non-hydrogen) atoms. The van der Waals surface area contributed by atoms with E-state index in [-0.39, 0.29) is 17.6 Å². The van der Waals surface area contributed by atoms with Crippen LogP contribution in [0.25, 0.3) is 0 Å². The molecule has 3 N–H and O–H groups in total. The van der Waals surface area contributed by atoms with Crippen LogP contribution in [0.5, 0.6) is 0 Å². The van der Waals surface area contributed by atoms with Gasteiger partial charge in [0.2, 0.25) is 11.5 Å². The number of carbonyl (C=O) groups excluding carboxylic acids is 1. The van der Waals surface area contributed by atoms with E-state index in [0.717, 1.165) is 5.56 Å². The van der Waals surface area contributed by atoms with Crippen LogP contribution in [0.2, 0.25) is 5.02 Å². The average molecular weight is 267 g/mol. The SMILES string of the molecule is CC(NC(=O)c1nonc1N)c1ccc(Cl)cc1. The van der Waals surface area contributed by atoms with Gasteiger partial charge in [0.25, 0.3) is 5.91 Å². The molecule has 0 saturated carbocycles. The van der Waals surface area contributed by atoms with Gasteiger partial charge >= 0.3 is 0 Å². The molecule has 94 valence electrons. The first-order chi connectivity index (χ1) is 8.58. The number of hydrogen-bond donors (Lipinski definition) is 2. The molecule has 2 rings (SSSR count). The summed E-state index contributed by atoms with van der Waals surface area (Å²) in [6.45, 7) is 1.84. The summed E-state index contributed by atoms with van der Waals surface area (Å²) >= 11 is 5.79. The predicted octanol–water partition coefficient (Wildman–Crippen LogP) is 1.80. The topological polar surface area (TPSA) is 94.0 Å². The summed E-state index contributed by atoms with van der Waals surface area (Å²) in [6, 6.07) is 6.97. The van der Waals surface area contributed by atoms with Crippen LogP contribution in [-0.2, 0) is 0 Å². The summed E-state index contributed by atoms with van der Waals surface area (Å²) in [5.41, 5.74) is 6.33. The van der Waals surface area contributed by atoms with Crippen LogP contribution in [0, 0.1) is 0 Å². The lowest BCUT2D eigenvalue weighted by molar-refractivity contribution is 0.0930. The summed E-state index contributed by atoms with van der Waals surface area (Å²) in [5, 5.41) is 10.2. The van der Waals surface area contributed by atoms with E-state index in [9.17, 15) is 4.79 Å². The number of nitrogens with one attached hydrogen (secondary N) is 1. The van der Waals surface area contributed by atoms with Gasteiger partial charge in [-0.25, -0.2) is 4.63 Å². The van der Waals surface area contributed by atoms with Gasteiger partial charge in [-0.3, -0.25) is 4.79 Å². The minimum Gasteiger partial charge on any atom is -0.379 e. The third kappa shape index (κ3) is 2.60. The van der Waals surface area contributed by atoms with Crippen molar-refractivity contribution in [2.75, 3.05) is 5.73 Å². The number of anilines is 1. The Bertz CT molecular complexity index is 552. The maximum Gasteiger partial charge on any atom is 0.277 e. The van der Waals surface area contributed by atoms with Gasteiger partial charge in [-0.2, -0.15) is 0 Å². The van der Waals surface area contributed by atoms with Gasteiger partial charge in [0.05, 0.1) is 6.04 Å². The van der Waals surface area contributed by atoms with Crippen molar-refractivity contribution in [2.45, 2.75) is 13.0 Å². The zero-order valence-electron chi connectivity index (χ0n) is 9.55. The molecule has 6 nitrogen and oxygen atoms in total. The van der Waals surface area contributed by atoms with Crippen molar-refractivity contribution in [1.82, 2.24) is 15.6 Å². The Kier molecular flexibility index (Phi) is 3.47. The number of rotatable bonds is 3. The van der Waals surface area contributed by atoms with Crippen LogP contribution in [0.4, 0.5) is 5.82 Å². The van der Waals surface area contributed by atoms with Crippen molar-refractivity contribution < 1.29 is 9.42 Å². The minimum absolute atomic E-state index is 0.0178. The molecule has 0 saturated heterocycles. The van der Waals surface area contributed by atoms with Crippen LogP contribution in [0.3, 0.4) is 0 Å². The first-order valence-corrected chi connectivity index (χ1v) is 5.60. The Morgan fingerprint density at radius 3 is 2.61 bits per heavy atom. The second-order valence-corrected chi connectivity index (χ2v) is 4.18. The van der Waals surface area contributed by atoms with E-state index >= 15 is 0 Å². The van der Waals surface area contributed by atoms with Crippen LogP contribution >= 0.6 is 11.6 Å². The molecule has 0 aliphatic carbocycles. The van der Waals surface area contributed by atoms with Gasteiger partial charge in [-0.05, 0) is 34.9 Å². The van der Waals surface area contributed by atoms with Gasteiger partial charge in [0.1, 0.15) is 0 Å². The third-order valence-corrected chi connectivity index (χ3v) is 2.70. The molecule has 0 spiro atoms. The van der Waals surface area contributed by atoms with Crippen LogP contribution < -0.4 is 11.1 Å². The van der Waals surface area contributed by atoms with Gasteiger partial charge < -0.3 is 11.1 Å². The first-order valence-electron chi connectivity index (χ1n) is 5.22. The number of carbonyl (C=O) groups is 1. The summed E-state index contributed by atoms with van der Waals surface area (Å²) in [7, 11) is 0. The fourth-order valence-corrected chi connectivity index (χ4v) is 1.58. The monoisotopic (exact) mass is 266 g/mol. The Morgan fingerprint density at radius 1 is 1.39 bits per heavy atom. The normalized spacial score (nSPS) is 12.1. The van der Waals surface area contributed by atoms with Crippen LogP contribution in [0.1, 0.15) is 29.0 Å². The van der Waals surface area contributed by atoms with Crippen molar-refractivity contribution in [2.24, 2.45) is 0 Å². The predicted molar refractivity (Wildman–Crippen MR) is 66.0 cm³/mol. The number of nitrogens with two attached hydrogens (primary N) is 1. The fraction of sp³-hybridized carbons (Fsp3) is 0.182. The highest BCUT2D eigenvalue weighted by atomic mass is 35.5. The van der Waals surface area contributed by atoms with Crippen LogP contribution in [-0.4, -0.2) is 16.2 Å². The van der Waals surface area contributed by atoms with Crippen molar-refractivity contribution >= 4 is 23.3 Å². The number of benzene rings is 1. The van der Waals surface area contributed by atoms with Gasteiger partial charge in [0.15, 0.2) is 0 Å². The summed E-state index contributed by atoms with van der Waals surface area (Å²) < 4.78 is 4.37. The van der Waals surface area contributed by atoms with E-state index in [1.165, 1.54) is 0 Å². The van der Waals surface area contributed by atoms with Gasteiger partial charge in [-0.15, -0.1) is 0 Å². The second kappa shape index (κ2) is 5.05. The van der Waals surface area contributed by atoms with Crippen molar-refractivity contribution in [3.63, 3.8) is 0 Å². The van der Waals surface area contributed by atoms with Crippen molar-refractivity contribution in [1.29, 1.82) is 0 Å². The quantitative estimate of drug-likeness (QED) is 0.883. The van der Waals surface area contributed by atoms with Gasteiger partial charge in [-0.1, -0.05) is 23.7 Å². The molecule has 1 unspecified atom stereocenters. The zero-order valence-corrected chi connectivity index (χ0v) is 10.3. The van der Waals surface area contributed by atoms with E-state index in [1.54, 1.807) is 12.1 Å². The van der Waals surface area contributed by atoms with Crippen molar-refractivity contribution in [3.8, 4) is 0 Å².